The zero-order valence-electron chi connectivity index (χ0n) is 30.0. The molecule has 3 atom stereocenters. The molecule has 3 unspecified atom stereocenters. The minimum Gasteiger partial charge on any atom is -0.481 e. The van der Waals surface area contributed by atoms with Crippen LogP contribution in [-0.4, -0.2) is 130 Å². The summed E-state index contributed by atoms with van der Waals surface area (Å²) in [5.41, 5.74) is -1.04. The number of alkyl halides is 1. The van der Waals surface area contributed by atoms with Gasteiger partial charge in [-0.25, -0.2) is 14.4 Å². The molecule has 0 aromatic heterocycles. The van der Waals surface area contributed by atoms with Crippen molar-refractivity contribution >= 4 is 57.7 Å². The molecule has 0 aromatic carbocycles. The first-order chi connectivity index (χ1) is 23.1. The van der Waals surface area contributed by atoms with E-state index in [4.69, 9.17) is 24.4 Å². The summed E-state index contributed by atoms with van der Waals surface area (Å²) >= 11 is 3.42. The van der Waals surface area contributed by atoms with E-state index in [1.54, 1.807) is 20.8 Å². The zero-order chi connectivity index (χ0) is 38.7. The number of ether oxygens (including phenoxy) is 3. The second-order valence-corrected chi connectivity index (χ2v) is 14.9. The van der Waals surface area contributed by atoms with Crippen molar-refractivity contribution in [3.8, 4) is 0 Å². The van der Waals surface area contributed by atoms with Gasteiger partial charge < -0.3 is 45.5 Å². The van der Waals surface area contributed by atoms with Gasteiger partial charge in [-0.2, -0.15) is 0 Å². The van der Waals surface area contributed by atoms with Gasteiger partial charge in [-0.05, 0) is 80.6 Å². The second-order valence-electron chi connectivity index (χ2n) is 13.2. The summed E-state index contributed by atoms with van der Waals surface area (Å²) in [5, 5.41) is 34.0. The SMILES string of the molecule is CC(C)N(CCOC(=O)C(C)(Br)CC(C)(C)C(=O)OCCOCC(=O)NCCCCC(NC(=O)NC(CCC(=O)O)C(=O)O)C(=O)O)C(C)C. The molecule has 0 rings (SSSR count). The standard InChI is InChI=1S/C32H55BrN4O13/c1-20(2)37(21(3)4)14-15-49-29(46)32(7,33)19-31(5,6)28(45)50-17-16-48-18-24(38)34-13-9-8-10-22(26(41)42)35-30(47)36-23(27(43)44)11-12-25(39)40/h20-23H,8-19H2,1-7H3,(H,34,38)(H,39,40)(H,41,42)(H,43,44)(H2,35,36,47). The van der Waals surface area contributed by atoms with Crippen LogP contribution >= 0.6 is 15.9 Å². The van der Waals surface area contributed by atoms with E-state index < -0.39 is 70.0 Å². The van der Waals surface area contributed by atoms with E-state index in [2.05, 4.69) is 59.2 Å². The lowest BCUT2D eigenvalue weighted by molar-refractivity contribution is -0.158. The highest BCUT2D eigenvalue weighted by Gasteiger charge is 2.42. The lowest BCUT2D eigenvalue weighted by Crippen LogP contribution is -2.51. The number of carbonyl (C=O) groups excluding carboxylic acids is 4. The lowest BCUT2D eigenvalue weighted by Gasteiger charge is -2.32. The smallest absolute Gasteiger partial charge is 0.326 e. The number of carboxylic acids is 3. The Hall–Kier alpha value is -3.51. The lowest BCUT2D eigenvalue weighted by atomic mass is 9.83. The molecule has 50 heavy (non-hydrogen) atoms. The van der Waals surface area contributed by atoms with E-state index in [0.717, 1.165) is 0 Å². The number of urea groups is 1. The zero-order valence-corrected chi connectivity index (χ0v) is 31.6. The predicted octanol–water partition coefficient (Wildman–Crippen LogP) is 2.14. The van der Waals surface area contributed by atoms with Gasteiger partial charge in [0.1, 0.15) is 36.2 Å². The Balaban J connectivity index is 4.42. The Bertz CT molecular complexity index is 1140. The Morgan fingerprint density at radius 3 is 1.82 bits per heavy atom. The van der Waals surface area contributed by atoms with Crippen LogP contribution in [0.25, 0.3) is 0 Å². The number of hydrogen-bond donors (Lipinski definition) is 6. The maximum Gasteiger partial charge on any atom is 0.326 e. The van der Waals surface area contributed by atoms with Gasteiger partial charge in [0, 0.05) is 31.6 Å². The summed E-state index contributed by atoms with van der Waals surface area (Å²) in [6, 6.07) is -3.33. The van der Waals surface area contributed by atoms with E-state index in [1.165, 1.54) is 0 Å². The molecule has 0 saturated carbocycles. The molecular formula is C32H55BrN4O13. The Labute approximate surface area is 301 Å². The van der Waals surface area contributed by atoms with Crippen LogP contribution in [0.2, 0.25) is 0 Å². The molecule has 0 heterocycles. The molecule has 6 N–H and O–H groups in total. The molecule has 0 radical (unpaired) electrons. The van der Waals surface area contributed by atoms with E-state index in [0.29, 0.717) is 25.0 Å². The van der Waals surface area contributed by atoms with Crippen LogP contribution < -0.4 is 16.0 Å². The maximum absolute atomic E-state index is 12.8. The van der Waals surface area contributed by atoms with Crippen LogP contribution in [-0.2, 0) is 43.0 Å². The average Bonchev–Trinajstić information content (AvgIpc) is 2.98. The first-order valence-corrected chi connectivity index (χ1v) is 17.3. The predicted molar refractivity (Wildman–Crippen MR) is 184 cm³/mol. The Morgan fingerprint density at radius 1 is 0.760 bits per heavy atom. The van der Waals surface area contributed by atoms with Gasteiger partial charge in [0.15, 0.2) is 0 Å². The molecule has 18 heteroatoms. The van der Waals surface area contributed by atoms with E-state index >= 15 is 0 Å². The van der Waals surface area contributed by atoms with E-state index in [-0.39, 0.29) is 58.7 Å². The van der Waals surface area contributed by atoms with Gasteiger partial charge in [0.05, 0.1) is 12.0 Å². The van der Waals surface area contributed by atoms with Gasteiger partial charge in [0.25, 0.3) is 0 Å². The van der Waals surface area contributed by atoms with Crippen molar-refractivity contribution in [3.63, 3.8) is 0 Å². The van der Waals surface area contributed by atoms with Gasteiger partial charge in [-0.15, -0.1) is 0 Å². The fourth-order valence-corrected chi connectivity index (χ4v) is 5.74. The minimum absolute atomic E-state index is 0.0194. The number of rotatable bonds is 26. The first-order valence-electron chi connectivity index (χ1n) is 16.5. The van der Waals surface area contributed by atoms with E-state index in [1.807, 2.05) is 5.32 Å². The number of esters is 2. The van der Waals surface area contributed by atoms with Gasteiger partial charge in [0.2, 0.25) is 5.91 Å². The summed E-state index contributed by atoms with van der Waals surface area (Å²) in [4.78, 5) is 85.3. The average molecular weight is 784 g/mol. The Morgan fingerprint density at radius 2 is 1.30 bits per heavy atom. The number of nitrogens with zero attached hydrogens (tertiary/aromatic N) is 1. The quantitative estimate of drug-likeness (QED) is 0.0418. The van der Waals surface area contributed by atoms with Crippen molar-refractivity contribution in [3.05, 3.63) is 0 Å². The second kappa shape index (κ2) is 23.1. The van der Waals surface area contributed by atoms with Crippen molar-refractivity contribution in [2.75, 3.05) is 39.5 Å². The molecule has 17 nitrogen and oxygen atoms in total. The molecule has 0 aliphatic carbocycles. The highest BCUT2D eigenvalue weighted by atomic mass is 79.9. The summed E-state index contributed by atoms with van der Waals surface area (Å²) < 4.78 is 14.9. The largest absolute Gasteiger partial charge is 0.481 e. The number of amides is 3. The van der Waals surface area contributed by atoms with Gasteiger partial charge >= 0.3 is 35.9 Å². The van der Waals surface area contributed by atoms with Crippen molar-refractivity contribution in [1.82, 2.24) is 20.9 Å². The molecule has 0 bridgehead atoms. The third kappa shape index (κ3) is 19.6. The number of nitrogens with one attached hydrogen (secondary N) is 3. The normalized spacial score (nSPS) is 14.0. The number of unbranched alkanes of at least 4 members (excludes halogenated alkanes) is 1. The van der Waals surface area contributed by atoms with Crippen LogP contribution in [0.15, 0.2) is 0 Å². The fourth-order valence-electron chi connectivity index (χ4n) is 4.93. The summed E-state index contributed by atoms with van der Waals surface area (Å²) in [7, 11) is 0. The van der Waals surface area contributed by atoms with Crippen LogP contribution in [0.1, 0.15) is 87.0 Å². The third-order valence-corrected chi connectivity index (χ3v) is 8.05. The molecule has 288 valence electrons. The summed E-state index contributed by atoms with van der Waals surface area (Å²) in [6.07, 6.45) is -0.154. The molecule has 0 aliphatic rings. The van der Waals surface area contributed by atoms with Crippen LogP contribution in [0.3, 0.4) is 0 Å². The van der Waals surface area contributed by atoms with Crippen molar-refractivity contribution < 1.29 is 63.1 Å². The number of carboxylic acid groups (broad SMARTS) is 3. The highest BCUT2D eigenvalue weighted by Crippen LogP contribution is 2.36. The first kappa shape index (κ1) is 46.5. The Kier molecular flexibility index (Phi) is 21.4. The van der Waals surface area contributed by atoms with Crippen molar-refractivity contribution in [2.45, 2.75) is 115 Å². The third-order valence-electron chi connectivity index (χ3n) is 7.45. The van der Waals surface area contributed by atoms with Crippen LogP contribution in [0.4, 0.5) is 4.79 Å². The van der Waals surface area contributed by atoms with Gasteiger partial charge in [-0.1, -0.05) is 15.9 Å². The number of hydrogen-bond acceptors (Lipinski definition) is 11. The summed E-state index contributed by atoms with van der Waals surface area (Å²) in [6.45, 7) is 13.7. The number of carbonyl (C=O) groups is 7. The molecule has 0 fully saturated rings. The van der Waals surface area contributed by atoms with Crippen molar-refractivity contribution in [1.29, 1.82) is 0 Å². The molecule has 0 aliphatic heterocycles. The molecule has 0 aromatic rings. The highest BCUT2D eigenvalue weighted by molar-refractivity contribution is 9.10. The molecule has 0 spiro atoms. The minimum atomic E-state index is -1.51. The fraction of sp³-hybridized carbons (Fsp3) is 0.781. The molecule has 0 saturated heterocycles. The number of aliphatic carboxylic acids is 3. The van der Waals surface area contributed by atoms with Crippen LogP contribution in [0, 0.1) is 5.41 Å². The molecular weight excluding hydrogens is 728 g/mol. The molecule has 3 amide bonds. The summed E-state index contributed by atoms with van der Waals surface area (Å²) in [5.74, 6) is -5.55. The van der Waals surface area contributed by atoms with E-state index in [9.17, 15) is 38.7 Å². The van der Waals surface area contributed by atoms with Crippen LogP contribution in [0.5, 0.6) is 0 Å². The van der Waals surface area contributed by atoms with Gasteiger partial charge in [-0.3, -0.25) is 24.1 Å². The topological polar surface area (TPSA) is 247 Å². The van der Waals surface area contributed by atoms with Crippen molar-refractivity contribution in [2.24, 2.45) is 5.41 Å². The number of halogens is 1. The maximum atomic E-state index is 12.8. The monoisotopic (exact) mass is 782 g/mol.